The molecule has 0 radical (unpaired) electrons. The van der Waals surface area contributed by atoms with E-state index >= 15 is 0 Å². The van der Waals surface area contributed by atoms with Crippen LogP contribution in [-0.4, -0.2) is 68.8 Å². The van der Waals surface area contributed by atoms with Crippen LogP contribution in [0.15, 0.2) is 55.0 Å². The Morgan fingerprint density at radius 1 is 1.13 bits per heavy atom. The smallest absolute Gasteiger partial charge is 0.233 e. The number of aromatic nitrogens is 3. The van der Waals surface area contributed by atoms with Gasteiger partial charge in [0.1, 0.15) is 11.6 Å². The lowest BCUT2D eigenvalue weighted by atomic mass is 10.1. The number of piperazine rings is 1. The summed E-state index contributed by atoms with van der Waals surface area (Å²) in [6.07, 6.45) is 6.09. The fourth-order valence-electron chi connectivity index (χ4n) is 4.12. The predicted octanol–water partition coefficient (Wildman–Crippen LogP) is 2.48. The molecular weight excluding hydrogens is 397 g/mol. The second-order valence-corrected chi connectivity index (χ2v) is 7.75. The van der Waals surface area contributed by atoms with E-state index in [1.165, 1.54) is 13.2 Å². The normalized spacial score (nSPS) is 17.7. The fraction of sp³-hybridized carbons (Fsp3) is 0.391. The van der Waals surface area contributed by atoms with E-state index in [2.05, 4.69) is 25.8 Å². The summed E-state index contributed by atoms with van der Waals surface area (Å²) in [5.41, 5.74) is 1.76. The zero-order chi connectivity index (χ0) is 21.6. The maximum Gasteiger partial charge on any atom is 0.233 e. The molecule has 1 atom stereocenters. The number of halogens is 1. The van der Waals surface area contributed by atoms with E-state index in [9.17, 15) is 9.50 Å². The van der Waals surface area contributed by atoms with Gasteiger partial charge in [-0.25, -0.2) is 14.4 Å². The van der Waals surface area contributed by atoms with Gasteiger partial charge in [0.15, 0.2) is 0 Å². The van der Waals surface area contributed by atoms with E-state index in [1.807, 2.05) is 16.8 Å². The number of aliphatic hydroxyl groups excluding tert-OH is 1. The van der Waals surface area contributed by atoms with Crippen LogP contribution in [0, 0.1) is 5.82 Å². The van der Waals surface area contributed by atoms with Crippen LogP contribution in [-0.2, 0) is 13.1 Å². The van der Waals surface area contributed by atoms with Gasteiger partial charge in [0.25, 0.3) is 0 Å². The highest BCUT2D eigenvalue weighted by molar-refractivity contribution is 5.29. The highest BCUT2D eigenvalue weighted by atomic mass is 19.1. The molecule has 0 saturated carbocycles. The largest absolute Gasteiger partial charge is 0.497 e. The van der Waals surface area contributed by atoms with Gasteiger partial charge in [-0.05, 0) is 30.7 Å². The van der Waals surface area contributed by atoms with Crippen molar-refractivity contribution in [1.29, 1.82) is 0 Å². The van der Waals surface area contributed by atoms with Gasteiger partial charge in [-0.3, -0.25) is 14.4 Å². The van der Waals surface area contributed by atoms with Gasteiger partial charge < -0.3 is 9.84 Å². The van der Waals surface area contributed by atoms with Crippen LogP contribution in [0.1, 0.15) is 17.7 Å². The summed E-state index contributed by atoms with van der Waals surface area (Å²) in [4.78, 5) is 13.3. The Hall–Kier alpha value is -2.81. The number of nitrogens with zero attached hydrogens (tertiary/aromatic N) is 5. The van der Waals surface area contributed by atoms with Crippen molar-refractivity contribution in [2.24, 2.45) is 0 Å². The first-order valence-electron chi connectivity index (χ1n) is 10.5. The number of rotatable bonds is 8. The molecule has 7 nitrogen and oxygen atoms in total. The van der Waals surface area contributed by atoms with Gasteiger partial charge in [-0.15, -0.1) is 0 Å². The summed E-state index contributed by atoms with van der Waals surface area (Å²) in [6.45, 7) is 3.85. The van der Waals surface area contributed by atoms with Crippen molar-refractivity contribution in [3.63, 3.8) is 0 Å². The van der Waals surface area contributed by atoms with Gasteiger partial charge >= 0.3 is 0 Å². The highest BCUT2D eigenvalue weighted by Gasteiger charge is 2.28. The van der Waals surface area contributed by atoms with Crippen molar-refractivity contribution in [1.82, 2.24) is 24.3 Å². The van der Waals surface area contributed by atoms with Gasteiger partial charge in [0, 0.05) is 81.3 Å². The number of ether oxygens (including phenoxy) is 1. The molecule has 1 aliphatic rings. The second kappa shape index (κ2) is 10.00. The predicted molar refractivity (Wildman–Crippen MR) is 115 cm³/mol. The quantitative estimate of drug-likeness (QED) is 0.598. The summed E-state index contributed by atoms with van der Waals surface area (Å²) in [6, 6.07) is 11.0. The molecule has 3 aromatic rings. The maximum atomic E-state index is 14.5. The number of methoxy groups -OCH3 is 1. The zero-order valence-corrected chi connectivity index (χ0v) is 17.7. The number of aliphatic hydroxyl groups is 1. The van der Waals surface area contributed by atoms with Crippen LogP contribution in [0.4, 0.5) is 4.39 Å². The standard InChI is InChI=1S/C23H28FN5O2/c1-31-21-6-5-18(22(24)14-21)15-28-12-11-27(16-19(28)7-13-30)17-20-4-2-10-29(20)23-25-8-3-9-26-23/h2-6,8-10,14,19,30H,7,11-13,15-17H2,1H3/t19-/m1/s1. The minimum Gasteiger partial charge on any atom is -0.497 e. The summed E-state index contributed by atoms with van der Waals surface area (Å²) < 4.78 is 21.6. The van der Waals surface area contributed by atoms with Gasteiger partial charge in [-0.2, -0.15) is 0 Å². The Labute approximate surface area is 181 Å². The fourth-order valence-corrected chi connectivity index (χ4v) is 4.12. The van der Waals surface area contributed by atoms with E-state index in [4.69, 9.17) is 4.74 Å². The molecule has 1 fully saturated rings. The van der Waals surface area contributed by atoms with Crippen LogP contribution < -0.4 is 4.74 Å². The van der Waals surface area contributed by atoms with Crippen molar-refractivity contribution in [2.75, 3.05) is 33.4 Å². The molecule has 0 amide bonds. The van der Waals surface area contributed by atoms with Gasteiger partial charge in [0.2, 0.25) is 5.95 Å². The Morgan fingerprint density at radius 3 is 2.71 bits per heavy atom. The van der Waals surface area contributed by atoms with Crippen molar-refractivity contribution in [2.45, 2.75) is 25.6 Å². The third kappa shape index (κ3) is 5.10. The lowest BCUT2D eigenvalue weighted by Gasteiger charge is -2.41. The molecule has 4 rings (SSSR count). The molecule has 1 aliphatic heterocycles. The minimum atomic E-state index is -0.259. The molecule has 1 saturated heterocycles. The van der Waals surface area contributed by atoms with E-state index in [0.717, 1.165) is 31.9 Å². The van der Waals surface area contributed by atoms with Crippen molar-refractivity contribution in [3.05, 3.63) is 72.1 Å². The molecular formula is C23H28FN5O2. The summed E-state index contributed by atoms with van der Waals surface area (Å²) in [5, 5.41) is 9.60. The molecule has 1 N–H and O–H groups in total. The number of benzene rings is 1. The second-order valence-electron chi connectivity index (χ2n) is 7.75. The molecule has 31 heavy (non-hydrogen) atoms. The molecule has 0 aliphatic carbocycles. The Balaban J connectivity index is 1.44. The third-order valence-corrected chi connectivity index (χ3v) is 5.77. The summed E-state index contributed by atoms with van der Waals surface area (Å²) in [7, 11) is 1.53. The van der Waals surface area contributed by atoms with Crippen LogP contribution in [0.5, 0.6) is 5.75 Å². The first kappa shape index (κ1) is 21.4. The van der Waals surface area contributed by atoms with Crippen LogP contribution in [0.25, 0.3) is 5.95 Å². The monoisotopic (exact) mass is 425 g/mol. The van der Waals surface area contributed by atoms with Crippen molar-refractivity contribution < 1.29 is 14.2 Å². The third-order valence-electron chi connectivity index (χ3n) is 5.77. The molecule has 3 heterocycles. The van der Waals surface area contributed by atoms with Crippen LogP contribution in [0.2, 0.25) is 0 Å². The van der Waals surface area contributed by atoms with Crippen molar-refractivity contribution in [3.8, 4) is 11.7 Å². The van der Waals surface area contributed by atoms with Gasteiger partial charge in [-0.1, -0.05) is 6.07 Å². The first-order chi connectivity index (χ1) is 15.2. The van der Waals surface area contributed by atoms with Crippen molar-refractivity contribution >= 4 is 0 Å². The Bertz CT molecular complexity index is 981. The average molecular weight is 426 g/mol. The molecule has 1 aromatic carbocycles. The van der Waals surface area contributed by atoms with E-state index in [1.54, 1.807) is 30.6 Å². The topological polar surface area (TPSA) is 66.7 Å². The van der Waals surface area contributed by atoms with Crippen LogP contribution >= 0.6 is 0 Å². The van der Waals surface area contributed by atoms with Crippen LogP contribution in [0.3, 0.4) is 0 Å². The zero-order valence-electron chi connectivity index (χ0n) is 17.7. The lowest BCUT2D eigenvalue weighted by molar-refractivity contribution is 0.0485. The highest BCUT2D eigenvalue weighted by Crippen LogP contribution is 2.22. The molecule has 8 heteroatoms. The van der Waals surface area contributed by atoms with E-state index < -0.39 is 0 Å². The lowest BCUT2D eigenvalue weighted by Crippen LogP contribution is -2.52. The number of hydrogen-bond donors (Lipinski definition) is 1. The summed E-state index contributed by atoms with van der Waals surface area (Å²) in [5.74, 6) is 0.914. The Morgan fingerprint density at radius 2 is 1.97 bits per heavy atom. The van der Waals surface area contributed by atoms with Gasteiger partial charge in [0.05, 0.1) is 7.11 Å². The Kier molecular flexibility index (Phi) is 6.91. The van der Waals surface area contributed by atoms with E-state index in [-0.39, 0.29) is 18.5 Å². The average Bonchev–Trinajstić information content (AvgIpc) is 3.25. The molecule has 2 aromatic heterocycles. The number of hydrogen-bond acceptors (Lipinski definition) is 6. The molecule has 0 unspecified atom stereocenters. The SMILES string of the molecule is COc1ccc(CN2CCN(Cc3cccn3-c3ncccn3)C[C@H]2CCO)c(F)c1. The molecule has 164 valence electrons. The minimum absolute atomic E-state index is 0.105. The summed E-state index contributed by atoms with van der Waals surface area (Å²) >= 11 is 0. The molecule has 0 spiro atoms. The molecule has 0 bridgehead atoms. The van der Waals surface area contributed by atoms with E-state index in [0.29, 0.717) is 30.2 Å². The first-order valence-corrected chi connectivity index (χ1v) is 10.5. The maximum absolute atomic E-state index is 14.5.